The Hall–Kier alpha value is -3.42. The molecule has 1 amide bonds. The van der Waals surface area contributed by atoms with Crippen LogP contribution in [0.1, 0.15) is 29.9 Å². The highest BCUT2D eigenvalue weighted by Crippen LogP contribution is 2.32. The first-order valence-corrected chi connectivity index (χ1v) is 9.43. The molecule has 8 nitrogen and oxygen atoms in total. The number of pyridine rings is 1. The maximum absolute atomic E-state index is 13.0. The maximum Gasteiger partial charge on any atom is 0.272 e. The van der Waals surface area contributed by atoms with Gasteiger partial charge in [0.1, 0.15) is 23.3 Å². The molecule has 5 rings (SSSR count). The van der Waals surface area contributed by atoms with Gasteiger partial charge < -0.3 is 13.9 Å². The van der Waals surface area contributed by atoms with Gasteiger partial charge in [-0.15, -0.1) is 0 Å². The van der Waals surface area contributed by atoms with Gasteiger partial charge in [0.2, 0.25) is 0 Å². The lowest BCUT2D eigenvalue weighted by Gasteiger charge is -2.19. The summed E-state index contributed by atoms with van der Waals surface area (Å²) in [6.45, 7) is 3.96. The normalized spacial score (nSPS) is 16.9. The van der Waals surface area contributed by atoms with Crippen molar-refractivity contribution in [3.8, 4) is 11.4 Å². The zero-order valence-corrected chi connectivity index (χ0v) is 15.5. The largest absolute Gasteiger partial charge is 0.472 e. The third-order valence-corrected chi connectivity index (χ3v) is 5.28. The van der Waals surface area contributed by atoms with E-state index in [2.05, 4.69) is 14.6 Å². The van der Waals surface area contributed by atoms with E-state index in [1.165, 1.54) is 0 Å². The number of imidazole rings is 1. The Kier molecular flexibility index (Phi) is 3.96. The topological polar surface area (TPSA) is 82.0 Å². The highest BCUT2D eigenvalue weighted by molar-refractivity contribution is 5.92. The minimum atomic E-state index is 0.0177. The number of fused-ring (bicyclic) bond motifs is 1. The van der Waals surface area contributed by atoms with Gasteiger partial charge in [-0.3, -0.25) is 9.48 Å². The summed E-state index contributed by atoms with van der Waals surface area (Å²) in [4.78, 5) is 24.2. The fraction of sp³-hybridized carbons (Fsp3) is 0.300. The molecule has 4 aromatic heterocycles. The first-order valence-electron chi connectivity index (χ1n) is 9.43. The number of hydrogen-bond donors (Lipinski definition) is 0. The first kappa shape index (κ1) is 16.7. The van der Waals surface area contributed by atoms with Gasteiger partial charge in [-0.1, -0.05) is 0 Å². The molecule has 1 fully saturated rings. The molecule has 1 aliphatic heterocycles. The van der Waals surface area contributed by atoms with Crippen molar-refractivity contribution in [3.05, 3.63) is 54.9 Å². The van der Waals surface area contributed by atoms with E-state index in [1.807, 2.05) is 30.0 Å². The molecular weight excluding hydrogens is 356 g/mol. The molecule has 5 heterocycles. The van der Waals surface area contributed by atoms with E-state index >= 15 is 0 Å². The van der Waals surface area contributed by atoms with Crippen LogP contribution in [0.2, 0.25) is 0 Å². The Balaban J connectivity index is 1.50. The van der Waals surface area contributed by atoms with Crippen LogP contribution in [0, 0.1) is 0 Å². The molecular formula is C20H20N6O2. The van der Waals surface area contributed by atoms with Crippen LogP contribution in [-0.2, 0) is 6.54 Å². The summed E-state index contributed by atoms with van der Waals surface area (Å²) in [5, 5.41) is 4.22. The minimum absolute atomic E-state index is 0.0177. The monoisotopic (exact) mass is 376 g/mol. The highest BCUT2D eigenvalue weighted by Gasteiger charge is 2.32. The van der Waals surface area contributed by atoms with Crippen LogP contribution in [0.3, 0.4) is 0 Å². The van der Waals surface area contributed by atoms with E-state index in [0.717, 1.165) is 29.0 Å². The van der Waals surface area contributed by atoms with E-state index in [0.29, 0.717) is 25.3 Å². The van der Waals surface area contributed by atoms with Crippen molar-refractivity contribution in [1.82, 2.24) is 29.2 Å². The summed E-state index contributed by atoms with van der Waals surface area (Å²) in [5.41, 5.74) is 3.21. The summed E-state index contributed by atoms with van der Waals surface area (Å²) in [5.74, 6) is 0.837. The predicted molar refractivity (Wildman–Crippen MR) is 103 cm³/mol. The van der Waals surface area contributed by atoms with Crippen molar-refractivity contribution in [2.75, 3.05) is 13.1 Å². The Labute approximate surface area is 161 Å². The smallest absolute Gasteiger partial charge is 0.272 e. The fourth-order valence-electron chi connectivity index (χ4n) is 3.94. The van der Waals surface area contributed by atoms with Crippen molar-refractivity contribution in [1.29, 1.82) is 0 Å². The molecule has 1 atom stereocenters. The first-order chi connectivity index (χ1) is 13.8. The molecule has 8 heteroatoms. The number of amides is 1. The molecule has 0 spiro atoms. The molecule has 0 aromatic carbocycles. The zero-order chi connectivity index (χ0) is 19.1. The van der Waals surface area contributed by atoms with E-state index in [4.69, 9.17) is 9.40 Å². The SMILES string of the molecule is CCn1nccc1C(=O)N1CC[C@@H](n2c(-c3ccoc3)nc3cccnc32)C1. The fourth-order valence-corrected chi connectivity index (χ4v) is 3.94. The number of hydrogen-bond acceptors (Lipinski definition) is 5. The number of aromatic nitrogens is 5. The quantitative estimate of drug-likeness (QED) is 0.547. The third-order valence-electron chi connectivity index (χ3n) is 5.28. The van der Waals surface area contributed by atoms with Gasteiger partial charge in [-0.2, -0.15) is 5.10 Å². The number of furan rings is 1. The molecule has 1 saturated heterocycles. The second-order valence-corrected chi connectivity index (χ2v) is 6.89. The number of rotatable bonds is 4. The molecule has 0 radical (unpaired) electrons. The summed E-state index contributed by atoms with van der Waals surface area (Å²) in [6, 6.07) is 7.63. The van der Waals surface area contributed by atoms with E-state index in [-0.39, 0.29) is 11.9 Å². The molecule has 0 saturated carbocycles. The van der Waals surface area contributed by atoms with Crippen LogP contribution in [0.15, 0.2) is 53.6 Å². The molecule has 0 N–H and O–H groups in total. The van der Waals surface area contributed by atoms with Crippen LogP contribution in [0.5, 0.6) is 0 Å². The number of carbonyl (C=O) groups is 1. The van der Waals surface area contributed by atoms with Crippen molar-refractivity contribution < 1.29 is 9.21 Å². The number of carbonyl (C=O) groups excluding carboxylic acids is 1. The Bertz CT molecular complexity index is 1130. The summed E-state index contributed by atoms with van der Waals surface area (Å²) < 4.78 is 9.15. The lowest BCUT2D eigenvalue weighted by atomic mass is 10.2. The molecule has 1 aliphatic rings. The van der Waals surface area contributed by atoms with Crippen molar-refractivity contribution in [2.45, 2.75) is 25.9 Å². The van der Waals surface area contributed by atoms with E-state index in [9.17, 15) is 4.79 Å². The van der Waals surface area contributed by atoms with Crippen LogP contribution in [0.25, 0.3) is 22.6 Å². The molecule has 28 heavy (non-hydrogen) atoms. The standard InChI is InChI=1S/C20H20N6O2/c1-2-25-17(5-9-22-25)20(27)24-10-6-15(12-24)26-18(14-7-11-28-13-14)23-16-4-3-8-21-19(16)26/h3-5,7-9,11,13,15H,2,6,10,12H2,1H3/t15-/m1/s1. The van der Waals surface area contributed by atoms with Crippen LogP contribution in [0.4, 0.5) is 0 Å². The lowest BCUT2D eigenvalue weighted by molar-refractivity contribution is 0.0775. The van der Waals surface area contributed by atoms with Crippen LogP contribution >= 0.6 is 0 Å². The summed E-state index contributed by atoms with van der Waals surface area (Å²) in [7, 11) is 0. The predicted octanol–water partition coefficient (Wildman–Crippen LogP) is 2.99. The van der Waals surface area contributed by atoms with Gasteiger partial charge in [-0.25, -0.2) is 9.97 Å². The summed E-state index contributed by atoms with van der Waals surface area (Å²) >= 11 is 0. The highest BCUT2D eigenvalue weighted by atomic mass is 16.3. The van der Waals surface area contributed by atoms with Gasteiger partial charge in [0.15, 0.2) is 5.65 Å². The molecule has 0 unspecified atom stereocenters. The zero-order valence-electron chi connectivity index (χ0n) is 15.5. The van der Waals surface area contributed by atoms with E-state index in [1.54, 1.807) is 35.7 Å². The summed E-state index contributed by atoms with van der Waals surface area (Å²) in [6.07, 6.45) is 7.63. The number of aryl methyl sites for hydroxylation is 1. The van der Waals surface area contributed by atoms with Gasteiger partial charge in [0, 0.05) is 32.0 Å². The second-order valence-electron chi connectivity index (χ2n) is 6.89. The van der Waals surface area contributed by atoms with Gasteiger partial charge in [-0.05, 0) is 37.6 Å². The van der Waals surface area contributed by atoms with Crippen molar-refractivity contribution >= 4 is 17.1 Å². The van der Waals surface area contributed by atoms with Crippen molar-refractivity contribution in [3.63, 3.8) is 0 Å². The van der Waals surface area contributed by atoms with Gasteiger partial charge in [0.25, 0.3) is 5.91 Å². The Morgan fingerprint density at radius 1 is 1.29 bits per heavy atom. The van der Waals surface area contributed by atoms with Gasteiger partial charge in [0.05, 0.1) is 17.9 Å². The Morgan fingerprint density at radius 2 is 2.21 bits per heavy atom. The lowest BCUT2D eigenvalue weighted by Crippen LogP contribution is -2.31. The van der Waals surface area contributed by atoms with Crippen molar-refractivity contribution in [2.24, 2.45) is 0 Å². The Morgan fingerprint density at radius 3 is 3.04 bits per heavy atom. The van der Waals surface area contributed by atoms with E-state index < -0.39 is 0 Å². The van der Waals surface area contributed by atoms with Gasteiger partial charge >= 0.3 is 0 Å². The maximum atomic E-state index is 13.0. The third kappa shape index (κ3) is 2.60. The average Bonchev–Trinajstić information content (AvgIpc) is 3.52. The molecule has 0 bridgehead atoms. The molecule has 0 aliphatic carbocycles. The number of likely N-dealkylation sites (tertiary alicyclic amines) is 1. The van der Waals surface area contributed by atoms with Crippen LogP contribution < -0.4 is 0 Å². The average molecular weight is 376 g/mol. The second kappa shape index (κ2) is 6.63. The number of nitrogens with zero attached hydrogens (tertiary/aromatic N) is 6. The van der Waals surface area contributed by atoms with Crippen LogP contribution in [-0.4, -0.2) is 48.2 Å². The molecule has 4 aromatic rings. The molecule has 142 valence electrons. The minimum Gasteiger partial charge on any atom is -0.472 e.